The zero-order valence-electron chi connectivity index (χ0n) is 72.2. The molecule has 0 saturated carbocycles. The zero-order chi connectivity index (χ0) is 93.5. The van der Waals surface area contributed by atoms with Crippen LogP contribution in [0.3, 0.4) is 0 Å². The summed E-state index contributed by atoms with van der Waals surface area (Å²) in [5.41, 5.74) is 40.5. The Morgan fingerprint density at radius 1 is 0.485 bits per heavy atom. The molecule has 9 saturated heterocycles. The molecule has 130 heavy (non-hydrogen) atoms. The van der Waals surface area contributed by atoms with Gasteiger partial charge in [0, 0.05) is 64.3 Å². The van der Waals surface area contributed by atoms with Crippen molar-refractivity contribution in [3.8, 4) is 6.07 Å². The number of aliphatic hydroxyl groups excluding tert-OH is 5. The molecular formula is C85H115N17O28. The van der Waals surface area contributed by atoms with Gasteiger partial charge in [-0.2, -0.15) is 5.26 Å². The third-order valence-electron chi connectivity index (χ3n) is 23.7. The van der Waals surface area contributed by atoms with E-state index < -0.39 is 189 Å². The number of ether oxygens (including phenoxy) is 15. The summed E-state index contributed by atoms with van der Waals surface area (Å²) in [4.78, 5) is 84.2. The monoisotopic (exact) mass is 1820 g/mol. The van der Waals surface area contributed by atoms with Crippen LogP contribution in [0.25, 0.3) is 31.3 Å². The molecule has 4 amide bonds. The van der Waals surface area contributed by atoms with Gasteiger partial charge in [-0.3, -0.25) is 24.0 Å². The fraction of sp³-hybridized carbons (Fsp3) is 0.624. The molecule has 15 N–H and O–H groups in total. The number of nitriles is 1. The number of hydrogen-bond donors (Lipinski definition) is 13. The molecule has 0 aliphatic carbocycles. The largest absolute Gasteiger partial charge is 0.481 e. The van der Waals surface area contributed by atoms with Crippen LogP contribution in [0.4, 0.5) is 0 Å². The van der Waals surface area contributed by atoms with Gasteiger partial charge in [-0.05, 0) is 64.6 Å². The number of aliphatic carboxylic acids is 2. The number of rotatable bonds is 31. The maximum atomic E-state index is 13.2. The number of nitrogens with zero attached hydrogens (tertiary/aromatic N) is 11. The Balaban J connectivity index is 0.000000189. The lowest BCUT2D eigenvalue weighted by molar-refractivity contribution is -0.310. The lowest BCUT2D eigenvalue weighted by Crippen LogP contribution is -2.67. The average molecular weight is 1820 g/mol. The quantitative estimate of drug-likeness (QED) is 0.00655. The molecule has 0 bridgehead atoms. The Labute approximate surface area is 748 Å². The normalized spacial score (nSPS) is 34.1. The van der Waals surface area contributed by atoms with Crippen molar-refractivity contribution in [2.24, 2.45) is 61.4 Å². The van der Waals surface area contributed by atoms with Gasteiger partial charge >= 0.3 is 11.9 Å². The molecule has 15 unspecified atom stereocenters. The van der Waals surface area contributed by atoms with Crippen LogP contribution >= 0.6 is 0 Å². The van der Waals surface area contributed by atoms with E-state index in [2.05, 4.69) is 77.1 Å². The highest BCUT2D eigenvalue weighted by molar-refractivity contribution is 5.93. The molecule has 9 heterocycles. The number of aliphatic imine (C=N–C) groups is 1. The molecule has 31 atom stereocenters. The van der Waals surface area contributed by atoms with Gasteiger partial charge < -0.3 is 140 Å². The van der Waals surface area contributed by atoms with Crippen LogP contribution in [-0.4, -0.2) is 303 Å². The van der Waals surface area contributed by atoms with Gasteiger partial charge in [0.15, 0.2) is 43.1 Å². The van der Waals surface area contributed by atoms with Crippen LogP contribution in [-0.2, 0) is 106 Å². The van der Waals surface area contributed by atoms with Crippen molar-refractivity contribution in [1.29, 1.82) is 5.26 Å². The van der Waals surface area contributed by atoms with Crippen LogP contribution in [0.15, 0.2) is 142 Å². The first-order valence-corrected chi connectivity index (χ1v) is 42.8. The molecular weight excluding hydrogens is 1710 g/mol. The van der Waals surface area contributed by atoms with E-state index in [1.54, 1.807) is 0 Å². The second-order valence-corrected chi connectivity index (χ2v) is 32.6. The molecule has 45 heteroatoms. The van der Waals surface area contributed by atoms with Gasteiger partial charge in [0.2, 0.25) is 17.7 Å². The number of benzene rings is 4. The number of carboxylic acid groups (broad SMARTS) is 2. The second-order valence-electron chi connectivity index (χ2n) is 32.6. The third kappa shape index (κ3) is 28.1. The first-order chi connectivity index (χ1) is 62.6. The van der Waals surface area contributed by atoms with Crippen molar-refractivity contribution in [3.05, 3.63) is 175 Å². The number of hydrogen-bond acceptors (Lipinski definition) is 31. The smallest absolute Gasteiger partial charge is 0.333 e. The third-order valence-corrected chi connectivity index (χ3v) is 23.7. The highest BCUT2D eigenvalue weighted by Gasteiger charge is 2.54. The summed E-state index contributed by atoms with van der Waals surface area (Å²) in [5, 5.41) is 102. The summed E-state index contributed by atoms with van der Waals surface area (Å²) < 4.78 is 86.4. The van der Waals surface area contributed by atoms with Crippen LogP contribution in [0.1, 0.15) is 95.0 Å². The zero-order valence-corrected chi connectivity index (χ0v) is 72.2. The highest BCUT2D eigenvalue weighted by Crippen LogP contribution is 2.42. The number of amides is 4. The number of azide groups is 3. The molecule has 0 aromatic heterocycles. The summed E-state index contributed by atoms with van der Waals surface area (Å²) in [5.74, 6) is -4.46. The maximum absolute atomic E-state index is 13.2. The van der Waals surface area contributed by atoms with Gasteiger partial charge in [0.25, 0.3) is 5.91 Å². The first kappa shape index (κ1) is 102. The predicted octanol–water partition coefficient (Wildman–Crippen LogP) is 2.77. The van der Waals surface area contributed by atoms with Crippen LogP contribution in [0.5, 0.6) is 0 Å². The Bertz CT molecular complexity index is 4490. The van der Waals surface area contributed by atoms with Gasteiger partial charge in [0.1, 0.15) is 86.2 Å². The molecule has 9 fully saturated rings. The van der Waals surface area contributed by atoms with Crippen molar-refractivity contribution >= 4 is 41.5 Å². The highest BCUT2D eigenvalue weighted by atomic mass is 16.7. The number of nitrogens with two attached hydrogens (primary N) is 2. The molecule has 4 aromatic carbocycles. The minimum absolute atomic E-state index is 0.0650. The predicted molar refractivity (Wildman–Crippen MR) is 452 cm³/mol. The van der Waals surface area contributed by atoms with Crippen molar-refractivity contribution in [2.75, 3.05) is 85.7 Å². The number of nitrogens with one attached hydrogen (secondary N) is 4. The van der Waals surface area contributed by atoms with E-state index >= 15 is 0 Å². The van der Waals surface area contributed by atoms with Crippen molar-refractivity contribution in [2.45, 2.75) is 219 Å². The van der Waals surface area contributed by atoms with Crippen molar-refractivity contribution in [1.82, 2.24) is 21.3 Å². The number of guanidine groups is 1. The standard InChI is InChI=1S/C29H44N6O13.C26H38N4O7.C15H16N4O3.C15H17N3O5/c30-29(31)33-10-20(37)35-22-26(43)25(42)18(14-46-11-15-5-2-1-3-6-15)48-27(22)28(44)32-7-4-8-45-13-17-24(41)23(40)16(12-47-17)34-19(36)9-21(38)39;1-15-12-34-19(17(3)16(15)2)13-33-11-7-10-28-25(32)24-21(29-30-27)22(31)23-20(36-24)14-35-26(37-23)18-8-5-4-6-9-18;1-9-13(18-19-17)11(7-16)21-12-8-20-15(22-14(9)12)10-5-3-2-4-6-10;1-8-11(17-18-16)13(14(19)20)22-10-7-21-15(23-12(8)10)9-5-3-2-4-6-9/h1-3,5-6,16-18,22-27,40-43H,4,7-14H2,(H,32,44)(H,34,36)(H,35,37)(H,38,39)(H4,30,31,33);4-6,8-9,15-17,19-24,26,31H,7,10-14H2,1-3H3,(H,28,32);2-6,9,11-15H,8H2,1H3;2-6,8,10-13,15H,7H2,1H3,(H,19,20)/t16?,17?,18?,22?,23-,24+,25+,26-,27-;15?,16-,17-,19?,20?,21?,22-,23+,24-,26?;9-,11+,12?,13?,14-,15?;8-,10?,11?,12-,13-,15?/m1111/s1. The summed E-state index contributed by atoms with van der Waals surface area (Å²) in [6.45, 7) is 12.5. The van der Waals surface area contributed by atoms with Gasteiger partial charge in [-0.25, -0.2) is 9.79 Å². The van der Waals surface area contributed by atoms with E-state index in [1.165, 1.54) is 0 Å². The second kappa shape index (κ2) is 50.8. The molecule has 13 rings (SSSR count). The molecule has 4 aromatic rings. The summed E-state index contributed by atoms with van der Waals surface area (Å²) in [6, 6.07) is 34.8. The average Bonchev–Trinajstić information content (AvgIpc) is 0.779. The number of aliphatic hydroxyl groups is 5. The van der Waals surface area contributed by atoms with Crippen molar-refractivity contribution in [3.63, 3.8) is 0 Å². The van der Waals surface area contributed by atoms with Gasteiger partial charge in [0.05, 0.1) is 108 Å². The number of carboxylic acids is 2. The number of carbonyl (C=O) groups excluding carboxylic acids is 4. The van der Waals surface area contributed by atoms with E-state index in [0.29, 0.717) is 50.5 Å². The molecule has 0 spiro atoms. The minimum Gasteiger partial charge on any atom is -0.481 e. The molecule has 0 radical (unpaired) electrons. The molecule has 45 nitrogen and oxygen atoms in total. The van der Waals surface area contributed by atoms with Gasteiger partial charge in [-0.1, -0.05) is 171 Å². The van der Waals surface area contributed by atoms with E-state index in [9.17, 15) is 64.7 Å². The lowest BCUT2D eigenvalue weighted by Gasteiger charge is -2.46. The van der Waals surface area contributed by atoms with Crippen LogP contribution < -0.4 is 32.7 Å². The van der Waals surface area contributed by atoms with E-state index in [-0.39, 0.29) is 95.3 Å². The summed E-state index contributed by atoms with van der Waals surface area (Å²) in [7, 11) is 0. The molecule has 9 aliphatic rings. The summed E-state index contributed by atoms with van der Waals surface area (Å²) in [6.07, 6.45) is -18.4. The molecule has 708 valence electrons. The lowest BCUT2D eigenvalue weighted by atomic mass is 9.80. The Morgan fingerprint density at radius 3 is 1.48 bits per heavy atom. The van der Waals surface area contributed by atoms with Crippen molar-refractivity contribution < 1.29 is 136 Å². The van der Waals surface area contributed by atoms with Crippen LogP contribution in [0, 0.1) is 40.9 Å². The first-order valence-electron chi connectivity index (χ1n) is 42.8. The van der Waals surface area contributed by atoms with E-state index in [4.69, 9.17) is 104 Å². The topological polar surface area (TPSA) is 665 Å². The fourth-order valence-electron chi connectivity index (χ4n) is 16.2. The van der Waals surface area contributed by atoms with Gasteiger partial charge in [-0.15, -0.1) is 0 Å². The Hall–Kier alpha value is -10.4. The SMILES string of the molecule is CC1COC(COCCCNC(=O)[C@@H]2OC3COC(c4ccccc4)O[C@@H]3[C@H](O)C2N=[N+]=[N-])[C@H](C)[C@@H]1C.C[C@@H]1C(N=[N+]=[N-])[C@H](C#N)OC2COC(c3ccccc3)O[C@@H]21.C[C@@H]1C(N=[N+]=[N-])[C@H](C(=O)O)OC2COC(c3ccccc3)O[C@@H]21.NC(N)=NCC(=O)NC1[C@@H](O)[C@@H](O)C(COCc2ccccc2)O[C@H]1C(=O)NCCCOCC1OCC(NC(=O)CC(=O)O)[C@@H](O)[C@H]1O. The van der Waals surface area contributed by atoms with E-state index in [1.807, 2.05) is 141 Å². The fourth-order valence-corrected chi connectivity index (χ4v) is 16.2. The maximum Gasteiger partial charge on any atom is 0.333 e. The summed E-state index contributed by atoms with van der Waals surface area (Å²) >= 11 is 0. The van der Waals surface area contributed by atoms with E-state index in [0.717, 1.165) is 28.9 Å². The molecule has 9 aliphatic heterocycles. The minimum atomic E-state index is -1.62. The Morgan fingerprint density at radius 2 is 0.954 bits per heavy atom. The van der Waals surface area contributed by atoms with Crippen LogP contribution in [0.2, 0.25) is 0 Å². The Kier molecular flexibility index (Phi) is 39.8. The number of fused-ring (bicyclic) bond motifs is 3. The number of carbonyl (C=O) groups is 6.